The number of ether oxygens (including phenoxy) is 3. The number of hydrogen-bond acceptors (Lipinski definition) is 8. The van der Waals surface area contributed by atoms with Crippen molar-refractivity contribution in [3.63, 3.8) is 0 Å². The molecule has 4 heterocycles. The van der Waals surface area contributed by atoms with Gasteiger partial charge in [0.15, 0.2) is 5.79 Å². The third kappa shape index (κ3) is 3.54. The zero-order valence-corrected chi connectivity index (χ0v) is 20.5. The molecule has 6 rings (SSSR count). The maximum Gasteiger partial charge on any atom is 0.226 e. The summed E-state index contributed by atoms with van der Waals surface area (Å²) in [4.78, 5) is 8.57. The molecule has 2 N–H and O–H groups in total. The third-order valence-electron chi connectivity index (χ3n) is 6.72. The van der Waals surface area contributed by atoms with E-state index in [0.29, 0.717) is 11.5 Å². The van der Waals surface area contributed by atoms with Gasteiger partial charge in [-0.1, -0.05) is 6.07 Å². The lowest BCUT2D eigenvalue weighted by Gasteiger charge is -2.25. The number of halogens is 1. The monoisotopic (exact) mass is 497 g/mol. The van der Waals surface area contributed by atoms with E-state index in [9.17, 15) is 0 Å². The molecule has 3 aromatic heterocycles. The van der Waals surface area contributed by atoms with Crippen molar-refractivity contribution in [3.05, 3.63) is 52.9 Å². The highest BCUT2D eigenvalue weighted by atomic mass is 35.5. The number of anilines is 1. The van der Waals surface area contributed by atoms with Crippen LogP contribution in [-0.2, 0) is 9.47 Å². The fourth-order valence-corrected chi connectivity index (χ4v) is 6.03. The first-order valence-electron chi connectivity index (χ1n) is 11.1. The Morgan fingerprint density at radius 1 is 1.18 bits per heavy atom. The van der Waals surface area contributed by atoms with Crippen molar-refractivity contribution in [1.82, 2.24) is 18.9 Å². The van der Waals surface area contributed by atoms with Gasteiger partial charge in [0.25, 0.3) is 0 Å². The summed E-state index contributed by atoms with van der Waals surface area (Å²) >= 11 is 7.58. The molecular formula is C24H24ClN5O3S. The largest absolute Gasteiger partial charge is 0.497 e. The van der Waals surface area contributed by atoms with E-state index in [-0.39, 0.29) is 29.5 Å². The average molecular weight is 498 g/mol. The minimum atomic E-state index is -0.695. The number of fused-ring (bicyclic) bond motifs is 2. The fourth-order valence-electron chi connectivity index (χ4n) is 5.32. The summed E-state index contributed by atoms with van der Waals surface area (Å²) < 4.78 is 24.9. The van der Waals surface area contributed by atoms with E-state index in [2.05, 4.69) is 31.0 Å². The SMILES string of the molecule is COc1cc(-c2cnsc2)cc([C@H]2C[C@@H](n3ccc4c(N)nc(Cl)nc43)[C@@H]3OC(C)(C)O[C@@H]32)c1. The molecule has 2 fully saturated rings. The van der Waals surface area contributed by atoms with E-state index < -0.39 is 5.79 Å². The molecule has 0 unspecified atom stereocenters. The van der Waals surface area contributed by atoms with Crippen molar-refractivity contribution in [2.45, 2.75) is 50.2 Å². The van der Waals surface area contributed by atoms with E-state index in [1.54, 1.807) is 7.11 Å². The van der Waals surface area contributed by atoms with E-state index in [1.807, 2.05) is 43.8 Å². The van der Waals surface area contributed by atoms with Crippen molar-refractivity contribution in [1.29, 1.82) is 0 Å². The van der Waals surface area contributed by atoms with E-state index in [1.165, 1.54) is 11.5 Å². The molecule has 34 heavy (non-hydrogen) atoms. The predicted molar refractivity (Wildman–Crippen MR) is 131 cm³/mol. The summed E-state index contributed by atoms with van der Waals surface area (Å²) in [5.74, 6) is 0.560. The van der Waals surface area contributed by atoms with Crippen LogP contribution in [0.1, 0.15) is 37.8 Å². The van der Waals surface area contributed by atoms with Crippen molar-refractivity contribution in [3.8, 4) is 16.9 Å². The molecule has 0 bridgehead atoms. The Kier molecular flexibility index (Phi) is 5.07. The molecule has 1 aliphatic carbocycles. The highest BCUT2D eigenvalue weighted by Gasteiger charge is 2.55. The van der Waals surface area contributed by atoms with Crippen LogP contribution < -0.4 is 10.5 Å². The van der Waals surface area contributed by atoms with Gasteiger partial charge >= 0.3 is 0 Å². The van der Waals surface area contributed by atoms with Crippen LogP contribution in [0.15, 0.2) is 42.0 Å². The topological polar surface area (TPSA) is 97.3 Å². The summed E-state index contributed by atoms with van der Waals surface area (Å²) in [7, 11) is 1.69. The highest BCUT2D eigenvalue weighted by molar-refractivity contribution is 7.03. The summed E-state index contributed by atoms with van der Waals surface area (Å²) in [6, 6.07) is 8.24. The predicted octanol–water partition coefficient (Wildman–Crippen LogP) is 5.05. The van der Waals surface area contributed by atoms with Crippen LogP contribution in [0.2, 0.25) is 5.28 Å². The van der Waals surface area contributed by atoms with Gasteiger partial charge in [0, 0.05) is 29.3 Å². The molecule has 1 aliphatic heterocycles. The smallest absolute Gasteiger partial charge is 0.226 e. The molecule has 1 saturated carbocycles. The Labute approximate surface area is 205 Å². The molecule has 1 saturated heterocycles. The minimum absolute atomic E-state index is 0.0166. The van der Waals surface area contributed by atoms with Crippen LogP contribution >= 0.6 is 23.1 Å². The van der Waals surface area contributed by atoms with Gasteiger partial charge in [0.2, 0.25) is 5.28 Å². The number of nitrogen functional groups attached to an aromatic ring is 1. The lowest BCUT2D eigenvalue weighted by atomic mass is 9.92. The molecule has 10 heteroatoms. The first-order chi connectivity index (χ1) is 16.3. The molecule has 2 aliphatic rings. The Morgan fingerprint density at radius 3 is 2.76 bits per heavy atom. The second-order valence-corrected chi connectivity index (χ2v) is 10.2. The Hall–Kier alpha value is -2.72. The molecule has 1 aromatic carbocycles. The summed E-state index contributed by atoms with van der Waals surface area (Å²) in [6.07, 6.45) is 4.36. The second-order valence-electron chi connectivity index (χ2n) is 9.22. The van der Waals surface area contributed by atoms with Gasteiger partial charge in [-0.05, 0) is 72.7 Å². The Morgan fingerprint density at radius 2 is 2.00 bits per heavy atom. The van der Waals surface area contributed by atoms with Crippen LogP contribution in [0, 0.1) is 0 Å². The molecular weight excluding hydrogens is 474 g/mol. The highest BCUT2D eigenvalue weighted by Crippen LogP contribution is 2.52. The number of nitrogens with two attached hydrogens (primary N) is 1. The van der Waals surface area contributed by atoms with Crippen LogP contribution in [0.25, 0.3) is 22.2 Å². The first-order valence-corrected chi connectivity index (χ1v) is 12.3. The Balaban J connectivity index is 1.45. The van der Waals surface area contributed by atoms with Gasteiger partial charge in [0.1, 0.15) is 23.3 Å². The van der Waals surface area contributed by atoms with Gasteiger partial charge in [0.05, 0.1) is 24.6 Å². The normalized spacial score (nSPS) is 25.6. The number of benzene rings is 1. The summed E-state index contributed by atoms with van der Waals surface area (Å²) in [6.45, 7) is 3.91. The van der Waals surface area contributed by atoms with Crippen LogP contribution in [0.5, 0.6) is 5.75 Å². The summed E-state index contributed by atoms with van der Waals surface area (Å²) in [5, 5.41) is 2.94. The fraction of sp³-hybridized carbons (Fsp3) is 0.375. The van der Waals surface area contributed by atoms with Crippen molar-refractivity contribution in [2.24, 2.45) is 0 Å². The number of hydrogen-bond donors (Lipinski definition) is 1. The molecule has 4 aromatic rings. The maximum absolute atomic E-state index is 6.46. The maximum atomic E-state index is 6.46. The molecule has 0 spiro atoms. The van der Waals surface area contributed by atoms with Gasteiger partial charge in [-0.25, -0.2) is 9.36 Å². The minimum Gasteiger partial charge on any atom is -0.497 e. The van der Waals surface area contributed by atoms with Gasteiger partial charge in [-0.15, -0.1) is 0 Å². The van der Waals surface area contributed by atoms with Crippen LogP contribution in [0.4, 0.5) is 5.82 Å². The summed E-state index contributed by atoms with van der Waals surface area (Å²) in [5.41, 5.74) is 10.1. The number of nitrogens with zero attached hydrogens (tertiary/aromatic N) is 4. The standard InChI is InChI=1S/C24H24ClN5O3S/c1-24(2)32-19-17(13-6-12(7-15(8-13)31-3)14-10-27-34-11-14)9-18(20(19)33-24)30-5-4-16-21(26)28-23(25)29-22(16)30/h4-8,10-11,17-20H,9H2,1-3H3,(H2,26,28,29)/t17-,18-,19-,20+/m1/s1. The quantitative estimate of drug-likeness (QED) is 0.394. The second kappa shape index (κ2) is 7.91. The van der Waals surface area contributed by atoms with Crippen molar-refractivity contribution in [2.75, 3.05) is 12.8 Å². The molecule has 176 valence electrons. The lowest BCUT2D eigenvalue weighted by molar-refractivity contribution is -0.157. The lowest BCUT2D eigenvalue weighted by Crippen LogP contribution is -2.27. The van der Waals surface area contributed by atoms with Gasteiger partial charge in [-0.3, -0.25) is 0 Å². The van der Waals surface area contributed by atoms with Crippen molar-refractivity contribution < 1.29 is 14.2 Å². The van der Waals surface area contributed by atoms with E-state index >= 15 is 0 Å². The van der Waals surface area contributed by atoms with Crippen LogP contribution in [0.3, 0.4) is 0 Å². The number of aromatic nitrogens is 4. The number of rotatable bonds is 4. The molecule has 8 nitrogen and oxygen atoms in total. The van der Waals surface area contributed by atoms with Crippen molar-refractivity contribution >= 4 is 40.0 Å². The zero-order chi connectivity index (χ0) is 23.6. The third-order valence-corrected chi connectivity index (χ3v) is 7.48. The first kappa shape index (κ1) is 21.8. The molecule has 0 amide bonds. The van der Waals surface area contributed by atoms with Crippen LogP contribution in [-0.4, -0.2) is 44.0 Å². The molecule has 4 atom stereocenters. The van der Waals surface area contributed by atoms with E-state index in [0.717, 1.165) is 34.2 Å². The van der Waals surface area contributed by atoms with Gasteiger partial charge < -0.3 is 24.5 Å². The average Bonchev–Trinajstić information content (AvgIpc) is 3.56. The zero-order valence-electron chi connectivity index (χ0n) is 18.9. The van der Waals surface area contributed by atoms with Gasteiger partial charge in [-0.2, -0.15) is 4.98 Å². The number of methoxy groups -OCH3 is 1. The van der Waals surface area contributed by atoms with E-state index in [4.69, 9.17) is 31.5 Å². The molecule has 0 radical (unpaired) electrons. The Bertz CT molecular complexity index is 1370.